The molecule has 2 aromatic heterocycles. The lowest BCUT2D eigenvalue weighted by Gasteiger charge is -2.14. The van der Waals surface area contributed by atoms with E-state index in [1.807, 2.05) is 24.6 Å². The Kier molecular flexibility index (Phi) is 3.80. The molecule has 4 nitrogen and oxygen atoms in total. The van der Waals surface area contributed by atoms with Crippen molar-refractivity contribution in [3.05, 3.63) is 47.1 Å². The van der Waals surface area contributed by atoms with E-state index in [2.05, 4.69) is 52.9 Å². The van der Waals surface area contributed by atoms with Crippen molar-refractivity contribution in [3.63, 3.8) is 0 Å². The van der Waals surface area contributed by atoms with Gasteiger partial charge in [0.05, 0.1) is 5.69 Å². The summed E-state index contributed by atoms with van der Waals surface area (Å²) >= 11 is 1.85. The van der Waals surface area contributed by atoms with Crippen LogP contribution in [0.1, 0.15) is 23.5 Å². The van der Waals surface area contributed by atoms with E-state index in [0.717, 1.165) is 18.7 Å². The SMILES string of the molecule is CCNC(Cc1cn(C)nn1)c1cc2ccccc2s1. The molecule has 0 saturated carbocycles. The number of benzene rings is 1. The number of aromatic nitrogens is 3. The van der Waals surface area contributed by atoms with E-state index in [0.29, 0.717) is 6.04 Å². The molecule has 0 spiro atoms. The predicted molar refractivity (Wildman–Crippen MR) is 82.9 cm³/mol. The van der Waals surface area contributed by atoms with Crippen LogP contribution in [0.2, 0.25) is 0 Å². The lowest BCUT2D eigenvalue weighted by atomic mass is 10.1. The highest BCUT2D eigenvalue weighted by molar-refractivity contribution is 7.19. The minimum Gasteiger partial charge on any atom is -0.309 e. The quantitative estimate of drug-likeness (QED) is 0.784. The molecule has 3 aromatic rings. The zero-order valence-corrected chi connectivity index (χ0v) is 12.5. The Hall–Kier alpha value is -1.72. The molecule has 20 heavy (non-hydrogen) atoms. The van der Waals surface area contributed by atoms with Crippen LogP contribution in [0, 0.1) is 0 Å². The van der Waals surface area contributed by atoms with Gasteiger partial charge in [-0.15, -0.1) is 16.4 Å². The summed E-state index contributed by atoms with van der Waals surface area (Å²) in [7, 11) is 1.90. The standard InChI is InChI=1S/C15H18N4S/c1-3-16-13(9-12-10-19(2)18-17-12)15-8-11-6-4-5-7-14(11)20-15/h4-8,10,13,16H,3,9H2,1-2H3. The van der Waals surface area contributed by atoms with Crippen LogP contribution < -0.4 is 5.32 Å². The summed E-state index contributed by atoms with van der Waals surface area (Å²) in [4.78, 5) is 1.36. The van der Waals surface area contributed by atoms with Gasteiger partial charge in [-0.3, -0.25) is 4.68 Å². The third-order valence-electron chi connectivity index (χ3n) is 3.30. The Bertz CT molecular complexity index is 668. The Morgan fingerprint density at radius 2 is 2.20 bits per heavy atom. The highest BCUT2D eigenvalue weighted by Gasteiger charge is 2.15. The molecule has 0 amide bonds. The van der Waals surface area contributed by atoms with Crippen molar-refractivity contribution in [2.75, 3.05) is 6.54 Å². The fourth-order valence-corrected chi connectivity index (χ4v) is 3.53. The van der Waals surface area contributed by atoms with Gasteiger partial charge in [0.2, 0.25) is 0 Å². The average molecular weight is 286 g/mol. The molecule has 0 radical (unpaired) electrons. The van der Waals surface area contributed by atoms with Gasteiger partial charge in [-0.1, -0.05) is 30.3 Å². The van der Waals surface area contributed by atoms with Gasteiger partial charge in [0.25, 0.3) is 0 Å². The number of nitrogens with one attached hydrogen (secondary N) is 1. The zero-order chi connectivity index (χ0) is 13.9. The van der Waals surface area contributed by atoms with Gasteiger partial charge in [-0.05, 0) is 24.1 Å². The van der Waals surface area contributed by atoms with Crippen molar-refractivity contribution in [1.82, 2.24) is 20.3 Å². The predicted octanol–water partition coefficient (Wildman–Crippen LogP) is 2.92. The fourth-order valence-electron chi connectivity index (χ4n) is 2.39. The number of nitrogens with zero attached hydrogens (tertiary/aromatic N) is 3. The molecule has 0 aliphatic heterocycles. The van der Waals surface area contributed by atoms with Gasteiger partial charge in [0.15, 0.2) is 0 Å². The topological polar surface area (TPSA) is 42.7 Å². The summed E-state index contributed by atoms with van der Waals surface area (Å²) in [5.74, 6) is 0. The Morgan fingerprint density at radius 3 is 2.90 bits per heavy atom. The molecule has 0 aliphatic carbocycles. The first-order valence-corrected chi connectivity index (χ1v) is 7.65. The van der Waals surface area contributed by atoms with Gasteiger partial charge in [-0.2, -0.15) is 0 Å². The molecule has 1 aromatic carbocycles. The number of thiophene rings is 1. The van der Waals surface area contributed by atoms with Gasteiger partial charge < -0.3 is 5.32 Å². The van der Waals surface area contributed by atoms with Crippen molar-refractivity contribution in [1.29, 1.82) is 0 Å². The number of hydrogen-bond donors (Lipinski definition) is 1. The van der Waals surface area contributed by atoms with E-state index in [9.17, 15) is 0 Å². The summed E-state index contributed by atoms with van der Waals surface area (Å²) in [6.45, 7) is 3.08. The maximum Gasteiger partial charge on any atom is 0.0846 e. The van der Waals surface area contributed by atoms with E-state index >= 15 is 0 Å². The van der Waals surface area contributed by atoms with Crippen molar-refractivity contribution < 1.29 is 0 Å². The number of hydrogen-bond acceptors (Lipinski definition) is 4. The van der Waals surface area contributed by atoms with Crippen molar-refractivity contribution in [2.24, 2.45) is 7.05 Å². The normalized spacial score (nSPS) is 12.9. The molecule has 5 heteroatoms. The molecule has 1 unspecified atom stereocenters. The molecule has 2 heterocycles. The van der Waals surface area contributed by atoms with Crippen LogP contribution in [0.3, 0.4) is 0 Å². The molecule has 0 bridgehead atoms. The van der Waals surface area contributed by atoms with Gasteiger partial charge in [0.1, 0.15) is 0 Å². The van der Waals surface area contributed by atoms with Crippen LogP contribution in [-0.4, -0.2) is 21.5 Å². The smallest absolute Gasteiger partial charge is 0.0846 e. The first kappa shape index (κ1) is 13.3. The zero-order valence-electron chi connectivity index (χ0n) is 11.7. The monoisotopic (exact) mass is 286 g/mol. The molecule has 0 aliphatic rings. The number of fused-ring (bicyclic) bond motifs is 1. The fraction of sp³-hybridized carbons (Fsp3) is 0.333. The van der Waals surface area contributed by atoms with Crippen molar-refractivity contribution >= 4 is 21.4 Å². The number of aryl methyl sites for hydroxylation is 1. The van der Waals surface area contributed by atoms with Crippen LogP contribution in [-0.2, 0) is 13.5 Å². The van der Waals surface area contributed by atoms with E-state index < -0.39 is 0 Å². The van der Waals surface area contributed by atoms with Gasteiger partial charge in [0, 0.05) is 35.3 Å². The molecular formula is C15H18N4S. The van der Waals surface area contributed by atoms with E-state index in [-0.39, 0.29) is 0 Å². The second kappa shape index (κ2) is 5.73. The van der Waals surface area contributed by atoms with Crippen LogP contribution in [0.25, 0.3) is 10.1 Å². The minimum atomic E-state index is 0.300. The van der Waals surface area contributed by atoms with E-state index in [4.69, 9.17) is 0 Å². The summed E-state index contributed by atoms with van der Waals surface area (Å²) in [6, 6.07) is 11.1. The molecule has 3 rings (SSSR count). The molecular weight excluding hydrogens is 268 g/mol. The van der Waals surface area contributed by atoms with E-state index in [1.54, 1.807) is 4.68 Å². The highest BCUT2D eigenvalue weighted by atomic mass is 32.1. The largest absolute Gasteiger partial charge is 0.309 e. The molecule has 1 N–H and O–H groups in total. The Balaban J connectivity index is 1.89. The maximum atomic E-state index is 4.19. The van der Waals surface area contributed by atoms with Gasteiger partial charge >= 0.3 is 0 Å². The maximum absolute atomic E-state index is 4.19. The summed E-state index contributed by atoms with van der Waals surface area (Å²) in [5.41, 5.74) is 1.02. The van der Waals surface area contributed by atoms with Crippen molar-refractivity contribution in [2.45, 2.75) is 19.4 Å². The highest BCUT2D eigenvalue weighted by Crippen LogP contribution is 2.31. The lowest BCUT2D eigenvalue weighted by molar-refractivity contribution is 0.552. The number of rotatable bonds is 5. The summed E-state index contributed by atoms with van der Waals surface area (Å²) < 4.78 is 3.09. The molecule has 1 atom stereocenters. The van der Waals surface area contributed by atoms with Crippen molar-refractivity contribution in [3.8, 4) is 0 Å². The van der Waals surface area contributed by atoms with Crippen LogP contribution >= 0.6 is 11.3 Å². The van der Waals surface area contributed by atoms with Gasteiger partial charge in [-0.25, -0.2) is 0 Å². The third kappa shape index (κ3) is 2.73. The summed E-state index contributed by atoms with van der Waals surface area (Å²) in [6.07, 6.45) is 2.85. The second-order valence-electron chi connectivity index (χ2n) is 4.88. The lowest BCUT2D eigenvalue weighted by Crippen LogP contribution is -2.22. The van der Waals surface area contributed by atoms with E-state index in [1.165, 1.54) is 15.0 Å². The first-order valence-electron chi connectivity index (χ1n) is 6.83. The minimum absolute atomic E-state index is 0.300. The molecule has 0 saturated heterocycles. The van der Waals surface area contributed by atoms with Crippen LogP contribution in [0.15, 0.2) is 36.5 Å². The molecule has 0 fully saturated rings. The summed E-state index contributed by atoms with van der Waals surface area (Å²) in [5, 5.41) is 13.1. The third-order valence-corrected chi connectivity index (χ3v) is 4.53. The Morgan fingerprint density at radius 1 is 1.35 bits per heavy atom. The number of likely N-dealkylation sites (N-methyl/N-ethyl adjacent to an activating group) is 1. The first-order chi connectivity index (χ1) is 9.76. The second-order valence-corrected chi connectivity index (χ2v) is 6.00. The average Bonchev–Trinajstić information content (AvgIpc) is 3.04. The van der Waals surface area contributed by atoms with Crippen LogP contribution in [0.4, 0.5) is 0 Å². The molecule has 104 valence electrons. The Labute approximate surface area is 122 Å². The van der Waals surface area contributed by atoms with Crippen LogP contribution in [0.5, 0.6) is 0 Å².